The molecule has 0 saturated carbocycles. The summed E-state index contributed by atoms with van der Waals surface area (Å²) in [4.78, 5) is 0. The van der Waals surface area contributed by atoms with Crippen molar-refractivity contribution in [3.05, 3.63) is 92.6 Å². The predicted octanol–water partition coefficient (Wildman–Crippen LogP) is 8.84. The second kappa shape index (κ2) is 9.65. The van der Waals surface area contributed by atoms with Gasteiger partial charge < -0.3 is 0 Å². The highest BCUT2D eigenvalue weighted by Crippen LogP contribution is 2.42. The van der Waals surface area contributed by atoms with Gasteiger partial charge in [-0.1, -0.05) is 91.0 Å². The Morgan fingerprint density at radius 1 is 0.818 bits per heavy atom. The lowest BCUT2D eigenvalue weighted by Gasteiger charge is -2.25. The summed E-state index contributed by atoms with van der Waals surface area (Å²) >= 11 is 0. The van der Waals surface area contributed by atoms with Crippen LogP contribution in [0.4, 0.5) is 0 Å². The molecule has 2 aromatic rings. The normalized spacial score (nSPS) is 17.2. The average Bonchev–Trinajstić information content (AvgIpc) is 3.42. The van der Waals surface area contributed by atoms with Crippen LogP contribution in [0.3, 0.4) is 0 Å². The molecule has 0 saturated heterocycles. The van der Waals surface area contributed by atoms with Crippen LogP contribution in [0.25, 0.3) is 0 Å². The van der Waals surface area contributed by atoms with Crippen molar-refractivity contribution >= 4 is 0 Å². The molecule has 0 N–H and O–H groups in total. The molecule has 0 bridgehead atoms. The Bertz CT molecular complexity index is 1040. The van der Waals surface area contributed by atoms with E-state index >= 15 is 0 Å². The van der Waals surface area contributed by atoms with Crippen molar-refractivity contribution in [2.24, 2.45) is 5.92 Å². The summed E-state index contributed by atoms with van der Waals surface area (Å²) in [6.45, 7) is 16.3. The minimum atomic E-state index is 0.197. The third-order valence-electron chi connectivity index (χ3n) is 8.18. The Hall–Kier alpha value is -2.08. The molecule has 0 heterocycles. The third-order valence-corrected chi connectivity index (χ3v) is 8.18. The Balaban J connectivity index is 1.53. The quantitative estimate of drug-likeness (QED) is 0.403. The molecule has 0 radical (unpaired) electrons. The highest BCUT2D eigenvalue weighted by Gasteiger charge is 2.29. The maximum atomic E-state index is 2.53. The molecule has 0 aromatic heterocycles. The number of benzene rings is 2. The first-order valence-corrected chi connectivity index (χ1v) is 13.4. The lowest BCUT2D eigenvalue weighted by atomic mass is 9.80. The van der Waals surface area contributed by atoms with E-state index in [1.54, 1.807) is 39.0 Å². The first kappa shape index (κ1) is 24.1. The van der Waals surface area contributed by atoms with E-state index < -0.39 is 0 Å². The minimum Gasteiger partial charge on any atom is -0.0772 e. The van der Waals surface area contributed by atoms with Gasteiger partial charge >= 0.3 is 0 Å². The number of aryl methyl sites for hydroxylation is 3. The molecule has 0 aliphatic heterocycles. The van der Waals surface area contributed by atoms with Crippen molar-refractivity contribution in [2.75, 3.05) is 0 Å². The number of fused-ring (bicyclic) bond motifs is 1. The maximum absolute atomic E-state index is 2.53. The molecule has 2 aromatic carbocycles. The Labute approximate surface area is 203 Å². The zero-order valence-electron chi connectivity index (χ0n) is 22.1. The second-order valence-corrected chi connectivity index (χ2v) is 11.4. The van der Waals surface area contributed by atoms with Gasteiger partial charge in [0.15, 0.2) is 0 Å². The van der Waals surface area contributed by atoms with Crippen LogP contribution in [0.2, 0.25) is 0 Å². The smallest absolute Gasteiger partial charge is 0.00813 e. The molecular formula is C33H44. The van der Waals surface area contributed by atoms with Crippen molar-refractivity contribution in [3.63, 3.8) is 0 Å². The van der Waals surface area contributed by atoms with Gasteiger partial charge in [-0.15, -0.1) is 0 Å². The van der Waals surface area contributed by atoms with Crippen molar-refractivity contribution in [2.45, 2.75) is 105 Å². The average molecular weight is 441 g/mol. The summed E-state index contributed by atoms with van der Waals surface area (Å²) in [5.41, 5.74) is 14.4. The highest BCUT2D eigenvalue weighted by atomic mass is 14.3. The molecule has 4 rings (SSSR count). The standard InChI is InChI=1S/C33H44/c1-8-23-14-15-30(33(5,6)7)21-32(23)22(4)16-26-12-11-13-31(26)29-19-27-17-24(9-2)25(10-3)18-28(27)20-29/h12-15,17-18,21-22,29H,8-11,16,19-20H2,1-7H3. The second-order valence-electron chi connectivity index (χ2n) is 11.4. The fourth-order valence-corrected chi connectivity index (χ4v) is 6.14. The molecule has 176 valence electrons. The summed E-state index contributed by atoms with van der Waals surface area (Å²) in [5.74, 6) is 1.22. The molecule has 0 spiro atoms. The van der Waals surface area contributed by atoms with E-state index in [2.05, 4.69) is 91.0 Å². The van der Waals surface area contributed by atoms with E-state index in [1.165, 1.54) is 30.4 Å². The van der Waals surface area contributed by atoms with Crippen LogP contribution < -0.4 is 0 Å². The number of hydrogen-bond acceptors (Lipinski definition) is 0. The Morgan fingerprint density at radius 3 is 1.97 bits per heavy atom. The van der Waals surface area contributed by atoms with Gasteiger partial charge in [0.05, 0.1) is 0 Å². The molecular weight excluding hydrogens is 396 g/mol. The van der Waals surface area contributed by atoms with E-state index in [1.807, 2.05) is 0 Å². The van der Waals surface area contributed by atoms with Gasteiger partial charge in [0.1, 0.15) is 0 Å². The first-order valence-electron chi connectivity index (χ1n) is 13.4. The van der Waals surface area contributed by atoms with E-state index in [4.69, 9.17) is 0 Å². The van der Waals surface area contributed by atoms with Crippen molar-refractivity contribution in [1.29, 1.82) is 0 Å². The van der Waals surface area contributed by atoms with Crippen LogP contribution >= 0.6 is 0 Å². The molecule has 33 heavy (non-hydrogen) atoms. The minimum absolute atomic E-state index is 0.197. The third kappa shape index (κ3) is 4.91. The molecule has 0 heteroatoms. The van der Waals surface area contributed by atoms with Crippen LogP contribution in [-0.4, -0.2) is 0 Å². The van der Waals surface area contributed by atoms with E-state index in [0.717, 1.165) is 25.7 Å². The van der Waals surface area contributed by atoms with E-state index in [-0.39, 0.29) is 5.41 Å². The number of allylic oxidation sites excluding steroid dienone is 4. The molecule has 0 nitrogen and oxygen atoms in total. The van der Waals surface area contributed by atoms with Crippen molar-refractivity contribution in [1.82, 2.24) is 0 Å². The SMILES string of the molecule is CCc1cc2c(cc1CC)CC(C1=CCC=C1CC(C)c1cc(C(C)(C)C)ccc1CC)C2. The Kier molecular flexibility index (Phi) is 7.04. The van der Waals surface area contributed by atoms with Gasteiger partial charge in [-0.25, -0.2) is 0 Å². The molecule has 1 unspecified atom stereocenters. The fourth-order valence-electron chi connectivity index (χ4n) is 6.14. The Morgan fingerprint density at radius 2 is 1.42 bits per heavy atom. The van der Waals surface area contributed by atoms with Gasteiger partial charge in [-0.05, 0) is 112 Å². The number of rotatable bonds is 7. The molecule has 1 atom stereocenters. The summed E-state index contributed by atoms with van der Waals surface area (Å²) in [7, 11) is 0. The van der Waals surface area contributed by atoms with Gasteiger partial charge in [0, 0.05) is 0 Å². The molecule has 0 fully saturated rings. The summed E-state index contributed by atoms with van der Waals surface area (Å²) in [6, 6.07) is 12.3. The molecule has 2 aliphatic rings. The molecule has 2 aliphatic carbocycles. The topological polar surface area (TPSA) is 0 Å². The van der Waals surface area contributed by atoms with Crippen LogP contribution in [-0.2, 0) is 37.5 Å². The summed E-state index contributed by atoms with van der Waals surface area (Å²) in [6.07, 6.45) is 13.2. The van der Waals surface area contributed by atoms with Crippen molar-refractivity contribution in [3.8, 4) is 0 Å². The van der Waals surface area contributed by atoms with Gasteiger partial charge in [-0.2, -0.15) is 0 Å². The van der Waals surface area contributed by atoms with E-state index in [0.29, 0.717) is 11.8 Å². The zero-order chi connectivity index (χ0) is 23.8. The maximum Gasteiger partial charge on any atom is -0.00813 e. The van der Waals surface area contributed by atoms with Crippen molar-refractivity contribution < 1.29 is 0 Å². The lowest BCUT2D eigenvalue weighted by Crippen LogP contribution is -2.13. The summed E-state index contributed by atoms with van der Waals surface area (Å²) in [5, 5.41) is 0. The van der Waals surface area contributed by atoms with Crippen LogP contribution in [0, 0.1) is 5.92 Å². The van der Waals surface area contributed by atoms with E-state index in [9.17, 15) is 0 Å². The van der Waals surface area contributed by atoms with Gasteiger partial charge in [0.2, 0.25) is 0 Å². The van der Waals surface area contributed by atoms with Crippen LogP contribution in [0.1, 0.15) is 106 Å². The summed E-state index contributed by atoms with van der Waals surface area (Å²) < 4.78 is 0. The monoisotopic (exact) mass is 440 g/mol. The fraction of sp³-hybridized carbons (Fsp3) is 0.515. The lowest BCUT2D eigenvalue weighted by molar-refractivity contribution is 0.586. The predicted molar refractivity (Wildman–Crippen MR) is 144 cm³/mol. The van der Waals surface area contributed by atoms with Crippen LogP contribution in [0.15, 0.2) is 53.6 Å². The van der Waals surface area contributed by atoms with Gasteiger partial charge in [0.25, 0.3) is 0 Å². The first-order chi connectivity index (χ1) is 15.7. The number of hydrogen-bond donors (Lipinski definition) is 0. The van der Waals surface area contributed by atoms with Gasteiger partial charge in [-0.3, -0.25) is 0 Å². The zero-order valence-corrected chi connectivity index (χ0v) is 22.1. The largest absolute Gasteiger partial charge is 0.0772 e. The highest BCUT2D eigenvalue weighted by molar-refractivity contribution is 5.48. The molecule has 0 amide bonds. The van der Waals surface area contributed by atoms with Crippen LogP contribution in [0.5, 0.6) is 0 Å².